The van der Waals surface area contributed by atoms with Crippen LogP contribution in [0.4, 0.5) is 5.69 Å². The third-order valence-corrected chi connectivity index (χ3v) is 3.23. The van der Waals surface area contributed by atoms with Gasteiger partial charge in [0.05, 0.1) is 24.8 Å². The zero-order valence-electron chi connectivity index (χ0n) is 13.8. The van der Waals surface area contributed by atoms with Crippen molar-refractivity contribution in [1.82, 2.24) is 10.7 Å². The number of amides is 2. The van der Waals surface area contributed by atoms with E-state index in [0.29, 0.717) is 16.9 Å². The SMILES string of the molecule is COc1cccc(C(=O)NCC(=O)NN=Cc2cccc([N+](=O)[O-])c2)c1. The molecule has 0 radical (unpaired) electrons. The number of rotatable bonds is 7. The second kappa shape index (κ2) is 8.92. The second-order valence-corrected chi connectivity index (χ2v) is 5.06. The lowest BCUT2D eigenvalue weighted by molar-refractivity contribution is -0.384. The first kappa shape index (κ1) is 18.6. The number of hydrogen-bond acceptors (Lipinski definition) is 6. The maximum absolute atomic E-state index is 12.0. The van der Waals surface area contributed by atoms with E-state index in [1.54, 1.807) is 30.3 Å². The largest absolute Gasteiger partial charge is 0.497 e. The zero-order chi connectivity index (χ0) is 18.9. The predicted octanol–water partition coefficient (Wildman–Crippen LogP) is 1.48. The number of nitrogens with zero attached hydrogens (tertiary/aromatic N) is 2. The molecule has 0 saturated heterocycles. The third-order valence-electron chi connectivity index (χ3n) is 3.23. The molecule has 2 aromatic carbocycles. The Morgan fingerprint density at radius 1 is 1.23 bits per heavy atom. The van der Waals surface area contributed by atoms with Gasteiger partial charge in [-0.25, -0.2) is 5.43 Å². The molecule has 2 rings (SSSR count). The Morgan fingerprint density at radius 3 is 2.73 bits per heavy atom. The fourth-order valence-corrected chi connectivity index (χ4v) is 1.96. The summed E-state index contributed by atoms with van der Waals surface area (Å²) < 4.78 is 5.03. The van der Waals surface area contributed by atoms with Crippen molar-refractivity contribution in [2.75, 3.05) is 13.7 Å². The highest BCUT2D eigenvalue weighted by Crippen LogP contribution is 2.12. The maximum Gasteiger partial charge on any atom is 0.270 e. The summed E-state index contributed by atoms with van der Waals surface area (Å²) in [4.78, 5) is 33.8. The van der Waals surface area contributed by atoms with Gasteiger partial charge in [0.25, 0.3) is 17.5 Å². The van der Waals surface area contributed by atoms with E-state index < -0.39 is 16.7 Å². The maximum atomic E-state index is 12.0. The van der Waals surface area contributed by atoms with Crippen molar-refractivity contribution < 1.29 is 19.2 Å². The van der Waals surface area contributed by atoms with Gasteiger partial charge in [0, 0.05) is 23.3 Å². The molecule has 0 fully saturated rings. The van der Waals surface area contributed by atoms with E-state index in [0.717, 1.165) is 0 Å². The number of methoxy groups -OCH3 is 1. The summed E-state index contributed by atoms with van der Waals surface area (Å²) in [5.41, 5.74) is 2.97. The van der Waals surface area contributed by atoms with Gasteiger partial charge in [-0.1, -0.05) is 18.2 Å². The highest BCUT2D eigenvalue weighted by Gasteiger charge is 2.08. The Bertz CT molecular complexity index is 851. The van der Waals surface area contributed by atoms with Crippen molar-refractivity contribution in [3.05, 3.63) is 69.8 Å². The van der Waals surface area contributed by atoms with Crippen LogP contribution in [0, 0.1) is 10.1 Å². The van der Waals surface area contributed by atoms with Gasteiger partial charge >= 0.3 is 0 Å². The second-order valence-electron chi connectivity index (χ2n) is 5.06. The molecule has 2 amide bonds. The molecule has 26 heavy (non-hydrogen) atoms. The number of ether oxygens (including phenoxy) is 1. The summed E-state index contributed by atoms with van der Waals surface area (Å²) in [5.74, 6) is -0.437. The summed E-state index contributed by atoms with van der Waals surface area (Å²) in [5, 5.41) is 16.8. The molecule has 9 nitrogen and oxygen atoms in total. The number of nitro groups is 1. The number of hydrogen-bond donors (Lipinski definition) is 2. The minimum atomic E-state index is -0.539. The Labute approximate surface area is 148 Å². The lowest BCUT2D eigenvalue weighted by Crippen LogP contribution is -2.34. The first-order chi connectivity index (χ1) is 12.5. The van der Waals surface area contributed by atoms with Gasteiger partial charge in [-0.05, 0) is 18.2 Å². The highest BCUT2D eigenvalue weighted by molar-refractivity contribution is 5.96. The van der Waals surface area contributed by atoms with Crippen molar-refractivity contribution in [2.24, 2.45) is 5.10 Å². The number of hydrazone groups is 1. The van der Waals surface area contributed by atoms with E-state index in [1.807, 2.05) is 0 Å². The Kier molecular flexibility index (Phi) is 6.38. The zero-order valence-corrected chi connectivity index (χ0v) is 13.8. The van der Waals surface area contributed by atoms with Crippen molar-refractivity contribution in [3.8, 4) is 5.75 Å². The fraction of sp³-hybridized carbons (Fsp3) is 0.118. The molecule has 9 heteroatoms. The lowest BCUT2D eigenvalue weighted by atomic mass is 10.2. The molecule has 0 aliphatic heterocycles. The molecule has 0 unspecified atom stereocenters. The predicted molar refractivity (Wildman–Crippen MR) is 94.2 cm³/mol. The van der Waals surface area contributed by atoms with Crippen molar-refractivity contribution in [1.29, 1.82) is 0 Å². The average Bonchev–Trinajstić information content (AvgIpc) is 2.66. The first-order valence-electron chi connectivity index (χ1n) is 7.48. The van der Waals surface area contributed by atoms with Gasteiger partial charge < -0.3 is 10.1 Å². The van der Waals surface area contributed by atoms with Gasteiger partial charge in [0.2, 0.25) is 0 Å². The number of non-ortho nitro benzene ring substituents is 1. The number of carbonyl (C=O) groups is 2. The highest BCUT2D eigenvalue weighted by atomic mass is 16.6. The van der Waals surface area contributed by atoms with E-state index in [1.165, 1.54) is 31.5 Å². The summed E-state index contributed by atoms with van der Waals surface area (Å²) in [6.45, 7) is -0.275. The van der Waals surface area contributed by atoms with Crippen LogP contribution < -0.4 is 15.5 Å². The minimum Gasteiger partial charge on any atom is -0.497 e. The Balaban J connectivity index is 1.84. The molecule has 134 valence electrons. The molecule has 2 aromatic rings. The van der Waals surface area contributed by atoms with Gasteiger partial charge in [-0.3, -0.25) is 19.7 Å². The van der Waals surface area contributed by atoms with Crippen LogP contribution in [0.2, 0.25) is 0 Å². The molecule has 2 N–H and O–H groups in total. The number of nitrogens with one attached hydrogen (secondary N) is 2. The number of nitro benzene ring substituents is 1. The average molecular weight is 356 g/mol. The Morgan fingerprint density at radius 2 is 2.00 bits per heavy atom. The third kappa shape index (κ3) is 5.41. The monoisotopic (exact) mass is 356 g/mol. The summed E-state index contributed by atoms with van der Waals surface area (Å²) in [7, 11) is 1.49. The Hall–Kier alpha value is -3.75. The first-order valence-corrected chi connectivity index (χ1v) is 7.48. The lowest BCUT2D eigenvalue weighted by Gasteiger charge is -2.05. The molecular formula is C17H16N4O5. The summed E-state index contributed by atoms with van der Waals surface area (Å²) in [6.07, 6.45) is 1.27. The van der Waals surface area contributed by atoms with Gasteiger partial charge in [0.15, 0.2) is 0 Å². The van der Waals surface area contributed by atoms with Crippen LogP contribution in [-0.2, 0) is 4.79 Å². The van der Waals surface area contributed by atoms with Crippen molar-refractivity contribution in [2.45, 2.75) is 0 Å². The van der Waals surface area contributed by atoms with Crippen molar-refractivity contribution in [3.63, 3.8) is 0 Å². The van der Waals surface area contributed by atoms with E-state index in [-0.39, 0.29) is 12.2 Å². The van der Waals surface area contributed by atoms with E-state index in [9.17, 15) is 19.7 Å². The van der Waals surface area contributed by atoms with Crippen LogP contribution in [0.3, 0.4) is 0 Å². The van der Waals surface area contributed by atoms with Gasteiger partial charge in [-0.2, -0.15) is 5.10 Å². The van der Waals surface area contributed by atoms with E-state index in [4.69, 9.17) is 4.74 Å². The van der Waals surface area contributed by atoms with Crippen LogP contribution in [0.5, 0.6) is 5.75 Å². The minimum absolute atomic E-state index is 0.0779. The fourth-order valence-electron chi connectivity index (χ4n) is 1.96. The molecular weight excluding hydrogens is 340 g/mol. The van der Waals surface area contributed by atoms with E-state index >= 15 is 0 Å². The summed E-state index contributed by atoms with van der Waals surface area (Å²) in [6, 6.07) is 12.3. The summed E-state index contributed by atoms with van der Waals surface area (Å²) >= 11 is 0. The molecule has 0 spiro atoms. The quantitative estimate of drug-likeness (QED) is 0.442. The van der Waals surface area contributed by atoms with Crippen LogP contribution in [0.15, 0.2) is 53.6 Å². The van der Waals surface area contributed by atoms with E-state index in [2.05, 4.69) is 15.8 Å². The van der Waals surface area contributed by atoms with Crippen LogP contribution in [0.25, 0.3) is 0 Å². The molecule has 0 bridgehead atoms. The molecule has 0 saturated carbocycles. The standard InChI is InChI=1S/C17H16N4O5/c1-26-15-7-3-5-13(9-15)17(23)18-11-16(22)20-19-10-12-4-2-6-14(8-12)21(24)25/h2-10H,11H2,1H3,(H,18,23)(H,20,22). The normalized spacial score (nSPS) is 10.3. The molecule has 0 heterocycles. The molecule has 0 aliphatic rings. The molecule has 0 aliphatic carbocycles. The number of benzene rings is 2. The van der Waals surface area contributed by atoms with Crippen molar-refractivity contribution >= 4 is 23.7 Å². The molecule has 0 aromatic heterocycles. The number of carbonyl (C=O) groups excluding carboxylic acids is 2. The van der Waals surface area contributed by atoms with Crippen LogP contribution >= 0.6 is 0 Å². The van der Waals surface area contributed by atoms with Gasteiger partial charge in [0.1, 0.15) is 5.75 Å². The molecule has 0 atom stereocenters. The van der Waals surface area contributed by atoms with Gasteiger partial charge in [-0.15, -0.1) is 0 Å². The van der Waals surface area contributed by atoms with Crippen LogP contribution in [0.1, 0.15) is 15.9 Å². The smallest absolute Gasteiger partial charge is 0.270 e. The topological polar surface area (TPSA) is 123 Å². The van der Waals surface area contributed by atoms with Crippen LogP contribution in [-0.4, -0.2) is 36.6 Å².